The summed E-state index contributed by atoms with van der Waals surface area (Å²) in [5.41, 5.74) is 4.79. The van der Waals surface area contributed by atoms with E-state index >= 15 is 0 Å². The lowest BCUT2D eigenvalue weighted by Crippen LogP contribution is -2.28. The highest BCUT2D eigenvalue weighted by Crippen LogP contribution is 2.45. The topological polar surface area (TPSA) is 52.8 Å². The minimum atomic E-state index is -0.0117. The van der Waals surface area contributed by atoms with E-state index in [-0.39, 0.29) is 11.5 Å². The fourth-order valence-electron chi connectivity index (χ4n) is 4.01. The van der Waals surface area contributed by atoms with E-state index in [0.717, 1.165) is 18.5 Å². The van der Waals surface area contributed by atoms with Crippen molar-refractivity contribution in [3.8, 4) is 5.82 Å². The van der Waals surface area contributed by atoms with Gasteiger partial charge in [-0.15, -0.1) is 10.2 Å². The average molecular weight is 409 g/mol. The largest absolute Gasteiger partial charge is 0.374 e. The molecule has 0 bridgehead atoms. The van der Waals surface area contributed by atoms with Crippen molar-refractivity contribution in [2.24, 2.45) is 5.41 Å². The van der Waals surface area contributed by atoms with E-state index in [1.165, 1.54) is 16.7 Å². The normalized spacial score (nSPS) is 19.5. The van der Waals surface area contributed by atoms with Crippen molar-refractivity contribution in [2.75, 3.05) is 6.61 Å². The molecule has 0 spiro atoms. The van der Waals surface area contributed by atoms with Crippen LogP contribution in [0.1, 0.15) is 50.1 Å². The molecule has 2 aromatic heterocycles. The fourth-order valence-corrected chi connectivity index (χ4v) is 4.11. The third kappa shape index (κ3) is 3.98. The van der Waals surface area contributed by atoms with Crippen LogP contribution in [0.2, 0.25) is 5.15 Å². The van der Waals surface area contributed by atoms with Crippen molar-refractivity contribution >= 4 is 17.7 Å². The quantitative estimate of drug-likeness (QED) is 0.544. The molecule has 0 amide bonds. The van der Waals surface area contributed by atoms with E-state index in [2.05, 4.69) is 66.4 Å². The minimum Gasteiger partial charge on any atom is -0.374 e. The number of fused-ring (bicyclic) bond motifs is 1. The number of hydrogen-bond acceptors (Lipinski definition) is 4. The van der Waals surface area contributed by atoms with Crippen molar-refractivity contribution in [1.29, 1.82) is 0 Å². The number of ether oxygens (including phenoxy) is 1. The molecule has 3 aromatic rings. The molecule has 2 heterocycles. The zero-order chi connectivity index (χ0) is 20.4. The van der Waals surface area contributed by atoms with Gasteiger partial charge < -0.3 is 4.74 Å². The SMILES string of the molecule is CCOC(CC1(C)Cc2cnn(-c3ccc(Cl)nn3)c2C=C1C)c1ccccc1. The molecular formula is C23H25ClN4O. The Kier molecular flexibility index (Phi) is 5.52. The molecule has 1 aliphatic carbocycles. The molecule has 0 saturated carbocycles. The first-order chi connectivity index (χ1) is 14.0. The van der Waals surface area contributed by atoms with Crippen molar-refractivity contribution in [3.63, 3.8) is 0 Å². The highest BCUT2D eigenvalue weighted by Gasteiger charge is 2.36. The molecule has 6 heteroatoms. The Morgan fingerprint density at radius 3 is 2.66 bits per heavy atom. The summed E-state index contributed by atoms with van der Waals surface area (Å²) >= 11 is 5.87. The van der Waals surface area contributed by atoms with Gasteiger partial charge >= 0.3 is 0 Å². The molecule has 1 aromatic carbocycles. The maximum atomic E-state index is 6.14. The first-order valence-electron chi connectivity index (χ1n) is 9.92. The Labute approximate surface area is 176 Å². The summed E-state index contributed by atoms with van der Waals surface area (Å²) in [5.74, 6) is 0.666. The van der Waals surface area contributed by atoms with Crippen LogP contribution < -0.4 is 0 Å². The van der Waals surface area contributed by atoms with Crippen LogP contribution >= 0.6 is 11.6 Å². The summed E-state index contributed by atoms with van der Waals surface area (Å²) < 4.78 is 7.97. The van der Waals surface area contributed by atoms with Gasteiger partial charge in [0.15, 0.2) is 11.0 Å². The minimum absolute atomic E-state index is 0.0117. The summed E-state index contributed by atoms with van der Waals surface area (Å²) in [6.45, 7) is 7.26. The first-order valence-corrected chi connectivity index (χ1v) is 10.3. The number of aromatic nitrogens is 4. The molecule has 29 heavy (non-hydrogen) atoms. The summed E-state index contributed by atoms with van der Waals surface area (Å²) in [5, 5.41) is 13.1. The third-order valence-electron chi connectivity index (χ3n) is 5.78. The maximum absolute atomic E-state index is 6.14. The Morgan fingerprint density at radius 2 is 1.97 bits per heavy atom. The van der Waals surface area contributed by atoms with Gasteiger partial charge in [0.2, 0.25) is 0 Å². The molecule has 2 unspecified atom stereocenters. The molecule has 2 atom stereocenters. The predicted molar refractivity (Wildman–Crippen MR) is 115 cm³/mol. The Balaban J connectivity index is 1.64. The summed E-state index contributed by atoms with van der Waals surface area (Å²) in [4.78, 5) is 0. The van der Waals surface area contributed by atoms with Crippen molar-refractivity contribution in [1.82, 2.24) is 20.0 Å². The van der Waals surface area contributed by atoms with E-state index in [0.29, 0.717) is 17.6 Å². The van der Waals surface area contributed by atoms with Gasteiger partial charge in [0.05, 0.1) is 18.0 Å². The molecule has 0 saturated heterocycles. The fraction of sp³-hybridized carbons (Fsp3) is 0.348. The average Bonchev–Trinajstić information content (AvgIpc) is 3.11. The number of rotatable bonds is 6. The smallest absolute Gasteiger partial charge is 0.176 e. The molecule has 0 fully saturated rings. The van der Waals surface area contributed by atoms with E-state index in [4.69, 9.17) is 16.3 Å². The predicted octanol–water partition coefficient (Wildman–Crippen LogP) is 5.45. The molecule has 1 aliphatic rings. The van der Waals surface area contributed by atoms with Gasteiger partial charge in [0.1, 0.15) is 0 Å². The second-order valence-electron chi connectivity index (χ2n) is 7.80. The lowest BCUT2D eigenvalue weighted by atomic mass is 9.70. The van der Waals surface area contributed by atoms with Gasteiger partial charge in [-0.1, -0.05) is 54.4 Å². The Bertz CT molecular complexity index is 1010. The lowest BCUT2D eigenvalue weighted by Gasteiger charge is -2.37. The molecular weight excluding hydrogens is 384 g/mol. The van der Waals surface area contributed by atoms with Crippen LogP contribution in [0.4, 0.5) is 0 Å². The Morgan fingerprint density at radius 1 is 1.17 bits per heavy atom. The summed E-state index contributed by atoms with van der Waals surface area (Å²) in [7, 11) is 0. The van der Waals surface area contributed by atoms with Crippen molar-refractivity contribution < 1.29 is 4.74 Å². The molecule has 4 rings (SSSR count). The van der Waals surface area contributed by atoms with E-state index < -0.39 is 0 Å². The zero-order valence-electron chi connectivity index (χ0n) is 17.0. The highest BCUT2D eigenvalue weighted by molar-refractivity contribution is 6.29. The van der Waals surface area contributed by atoms with Gasteiger partial charge in [-0.05, 0) is 61.4 Å². The third-order valence-corrected chi connectivity index (χ3v) is 5.98. The van der Waals surface area contributed by atoms with E-state index in [1.807, 2.05) is 23.0 Å². The lowest BCUT2D eigenvalue weighted by molar-refractivity contribution is 0.0324. The summed E-state index contributed by atoms with van der Waals surface area (Å²) in [6, 6.07) is 14.0. The van der Waals surface area contributed by atoms with Crippen LogP contribution in [0.5, 0.6) is 0 Å². The monoisotopic (exact) mass is 408 g/mol. The van der Waals surface area contributed by atoms with Gasteiger partial charge in [-0.2, -0.15) is 5.10 Å². The van der Waals surface area contributed by atoms with Gasteiger partial charge in [0.25, 0.3) is 0 Å². The number of benzene rings is 1. The van der Waals surface area contributed by atoms with Crippen LogP contribution in [0.3, 0.4) is 0 Å². The van der Waals surface area contributed by atoms with Crippen LogP contribution in [0, 0.1) is 5.41 Å². The number of nitrogens with zero attached hydrogens (tertiary/aromatic N) is 4. The van der Waals surface area contributed by atoms with E-state index in [9.17, 15) is 0 Å². The second-order valence-corrected chi connectivity index (χ2v) is 8.19. The Hall–Kier alpha value is -2.50. The van der Waals surface area contributed by atoms with Crippen molar-refractivity contribution in [3.05, 3.63) is 76.2 Å². The maximum Gasteiger partial charge on any atom is 0.176 e. The molecule has 5 nitrogen and oxygen atoms in total. The standard InChI is InChI=1S/C23H25ClN4O/c1-4-29-20(17-8-6-5-7-9-17)14-23(3)13-18-15-25-28(19(18)12-16(23)2)22-11-10-21(24)26-27-22/h5-12,15,20H,4,13-14H2,1-3H3. The zero-order valence-corrected chi connectivity index (χ0v) is 17.7. The van der Waals surface area contributed by atoms with Crippen molar-refractivity contribution in [2.45, 2.75) is 39.7 Å². The molecule has 150 valence electrons. The van der Waals surface area contributed by atoms with Crippen LogP contribution in [0.25, 0.3) is 11.9 Å². The molecule has 0 aliphatic heterocycles. The van der Waals surface area contributed by atoms with Gasteiger partial charge in [0, 0.05) is 6.61 Å². The molecule has 0 N–H and O–H groups in total. The van der Waals surface area contributed by atoms with Crippen LogP contribution in [-0.2, 0) is 11.2 Å². The van der Waals surface area contributed by atoms with E-state index in [1.54, 1.807) is 6.07 Å². The summed E-state index contributed by atoms with van der Waals surface area (Å²) in [6.07, 6.45) is 6.04. The number of hydrogen-bond donors (Lipinski definition) is 0. The van der Waals surface area contributed by atoms with Gasteiger partial charge in [-0.25, -0.2) is 4.68 Å². The number of allylic oxidation sites excluding steroid dienone is 1. The number of halogens is 1. The highest BCUT2D eigenvalue weighted by atomic mass is 35.5. The van der Waals surface area contributed by atoms with Crippen LogP contribution in [0.15, 0.2) is 54.2 Å². The molecule has 0 radical (unpaired) electrons. The van der Waals surface area contributed by atoms with Gasteiger partial charge in [-0.3, -0.25) is 0 Å². The van der Waals surface area contributed by atoms with Crippen LogP contribution in [-0.4, -0.2) is 26.6 Å². The second kappa shape index (κ2) is 8.09. The first kappa shape index (κ1) is 19.8.